The van der Waals surface area contributed by atoms with Gasteiger partial charge in [0.15, 0.2) is 0 Å². The zero-order valence-electron chi connectivity index (χ0n) is 13.7. The van der Waals surface area contributed by atoms with Crippen molar-refractivity contribution in [2.24, 2.45) is 0 Å². The maximum Gasteiger partial charge on any atom is 0.340 e. The van der Waals surface area contributed by atoms with Crippen molar-refractivity contribution in [3.63, 3.8) is 0 Å². The van der Waals surface area contributed by atoms with Crippen LogP contribution in [0.25, 0.3) is 11.0 Å². The summed E-state index contributed by atoms with van der Waals surface area (Å²) in [6, 6.07) is 8.89. The maximum atomic E-state index is 11.9. The van der Waals surface area contributed by atoms with E-state index in [0.29, 0.717) is 32.7 Å². The molecule has 0 aliphatic carbocycles. The Morgan fingerprint density at radius 1 is 1.19 bits per heavy atom. The lowest BCUT2D eigenvalue weighted by Crippen LogP contribution is -2.20. The van der Waals surface area contributed by atoms with Gasteiger partial charge >= 0.3 is 5.97 Å². The molecule has 4 rings (SSSR count). The highest BCUT2D eigenvalue weighted by molar-refractivity contribution is 6.43. The summed E-state index contributed by atoms with van der Waals surface area (Å²) in [6.07, 6.45) is 2.14. The largest absolute Gasteiger partial charge is 0.478 e. The fourth-order valence-corrected chi connectivity index (χ4v) is 3.64. The number of carbonyl (C=O) groups is 1. The first-order chi connectivity index (χ1) is 12.5. The lowest BCUT2D eigenvalue weighted by molar-refractivity contribution is 0.0699. The monoisotopic (exact) mass is 390 g/mol. The third-order valence-electron chi connectivity index (χ3n) is 4.50. The smallest absolute Gasteiger partial charge is 0.340 e. The topological polar surface area (TPSA) is 81.2 Å². The molecule has 0 radical (unpaired) electrons. The molecule has 1 aliphatic heterocycles. The van der Waals surface area contributed by atoms with E-state index in [9.17, 15) is 9.90 Å². The Hall–Kier alpha value is -2.44. The van der Waals surface area contributed by atoms with Gasteiger partial charge in [-0.2, -0.15) is 0 Å². The number of anilines is 3. The summed E-state index contributed by atoms with van der Waals surface area (Å²) in [5.41, 5.74) is 2.61. The van der Waals surface area contributed by atoms with Gasteiger partial charge in [0.05, 0.1) is 32.5 Å². The zero-order valence-corrected chi connectivity index (χ0v) is 15.2. The molecule has 1 fully saturated rings. The van der Waals surface area contributed by atoms with Gasteiger partial charge in [0.2, 0.25) is 5.95 Å². The van der Waals surface area contributed by atoms with Gasteiger partial charge < -0.3 is 20.3 Å². The van der Waals surface area contributed by atoms with Crippen LogP contribution in [0.4, 0.5) is 17.3 Å². The number of fused-ring (bicyclic) bond motifs is 1. The summed E-state index contributed by atoms with van der Waals surface area (Å²) in [7, 11) is 0. The Balaban J connectivity index is 1.78. The Bertz CT molecular complexity index is 996. The van der Waals surface area contributed by atoms with Crippen molar-refractivity contribution in [3.05, 3.63) is 45.9 Å². The van der Waals surface area contributed by atoms with Crippen LogP contribution < -0.4 is 10.2 Å². The van der Waals surface area contributed by atoms with E-state index in [1.807, 2.05) is 12.1 Å². The van der Waals surface area contributed by atoms with Crippen molar-refractivity contribution in [2.45, 2.75) is 12.8 Å². The summed E-state index contributed by atoms with van der Waals surface area (Å²) >= 11 is 12.2. The third kappa shape index (κ3) is 2.95. The molecule has 0 unspecified atom stereocenters. The highest BCUT2D eigenvalue weighted by Gasteiger charge is 2.23. The predicted molar refractivity (Wildman–Crippen MR) is 104 cm³/mol. The molecule has 1 aromatic heterocycles. The molecule has 2 heterocycles. The van der Waals surface area contributed by atoms with Crippen molar-refractivity contribution < 1.29 is 9.90 Å². The van der Waals surface area contributed by atoms with E-state index < -0.39 is 5.97 Å². The lowest BCUT2D eigenvalue weighted by atomic mass is 10.1. The number of nitrogens with one attached hydrogen (secondary N) is 2. The number of aromatic carboxylic acids is 1. The summed E-state index contributed by atoms with van der Waals surface area (Å²) < 4.78 is 0. The van der Waals surface area contributed by atoms with E-state index in [1.165, 1.54) is 0 Å². The molecule has 3 N–H and O–H groups in total. The van der Waals surface area contributed by atoms with Gasteiger partial charge in [-0.3, -0.25) is 0 Å². The van der Waals surface area contributed by atoms with E-state index in [0.717, 1.165) is 31.6 Å². The van der Waals surface area contributed by atoms with Crippen molar-refractivity contribution in [3.8, 4) is 0 Å². The minimum atomic E-state index is -0.978. The third-order valence-corrected chi connectivity index (χ3v) is 5.32. The molecule has 26 heavy (non-hydrogen) atoms. The minimum Gasteiger partial charge on any atom is -0.478 e. The normalized spacial score (nSPS) is 14.2. The zero-order chi connectivity index (χ0) is 18.3. The first kappa shape index (κ1) is 17.0. The fraction of sp³-hybridized carbons (Fsp3) is 0.222. The molecule has 0 bridgehead atoms. The van der Waals surface area contributed by atoms with Crippen LogP contribution in [-0.4, -0.2) is 34.1 Å². The van der Waals surface area contributed by atoms with Gasteiger partial charge in [0, 0.05) is 13.1 Å². The molecule has 0 spiro atoms. The van der Waals surface area contributed by atoms with E-state index in [1.54, 1.807) is 18.2 Å². The molecule has 6 nitrogen and oxygen atoms in total. The first-order valence-corrected chi connectivity index (χ1v) is 9.02. The number of carboxylic acids is 1. The maximum absolute atomic E-state index is 11.9. The molecule has 0 atom stereocenters. The Labute approximate surface area is 159 Å². The highest BCUT2D eigenvalue weighted by Crippen LogP contribution is 2.34. The van der Waals surface area contributed by atoms with Gasteiger partial charge in [-0.25, -0.2) is 9.78 Å². The Kier molecular flexibility index (Phi) is 4.38. The molecule has 0 saturated carbocycles. The van der Waals surface area contributed by atoms with Crippen molar-refractivity contribution >= 4 is 57.5 Å². The van der Waals surface area contributed by atoms with E-state index >= 15 is 0 Å². The SMILES string of the molecule is O=C(O)c1c(N2CCCC2)ccc2nc(Nc3cccc(Cl)c3Cl)[nH]c12. The Morgan fingerprint density at radius 3 is 2.69 bits per heavy atom. The van der Waals surface area contributed by atoms with Crippen LogP contribution in [0.1, 0.15) is 23.2 Å². The quantitative estimate of drug-likeness (QED) is 0.589. The number of halogens is 2. The second kappa shape index (κ2) is 6.70. The molecule has 0 amide bonds. The molecule has 1 saturated heterocycles. The van der Waals surface area contributed by atoms with Gasteiger partial charge in [-0.05, 0) is 37.1 Å². The minimum absolute atomic E-state index is 0.238. The first-order valence-electron chi connectivity index (χ1n) is 8.26. The van der Waals surface area contributed by atoms with Gasteiger partial charge in [-0.1, -0.05) is 29.3 Å². The molecular weight excluding hydrogens is 375 g/mol. The predicted octanol–water partition coefficient (Wildman–Crippen LogP) is 4.91. The molecule has 134 valence electrons. The second-order valence-electron chi connectivity index (χ2n) is 6.16. The fourth-order valence-electron chi connectivity index (χ4n) is 3.29. The number of carboxylic acid groups (broad SMARTS) is 1. The number of hydrogen-bond donors (Lipinski definition) is 3. The average Bonchev–Trinajstić information content (AvgIpc) is 3.26. The number of benzene rings is 2. The number of hydrogen-bond acceptors (Lipinski definition) is 4. The highest BCUT2D eigenvalue weighted by atomic mass is 35.5. The van der Waals surface area contributed by atoms with Gasteiger partial charge in [-0.15, -0.1) is 0 Å². The van der Waals surface area contributed by atoms with Crippen LogP contribution in [0.15, 0.2) is 30.3 Å². The van der Waals surface area contributed by atoms with E-state index in [4.69, 9.17) is 23.2 Å². The van der Waals surface area contributed by atoms with Gasteiger partial charge in [0.1, 0.15) is 5.56 Å². The van der Waals surface area contributed by atoms with Crippen molar-refractivity contribution in [2.75, 3.05) is 23.3 Å². The Morgan fingerprint density at radius 2 is 1.96 bits per heavy atom. The number of imidazole rings is 1. The summed E-state index contributed by atoms with van der Waals surface area (Å²) in [5, 5.41) is 13.6. The number of nitrogens with zero attached hydrogens (tertiary/aromatic N) is 2. The van der Waals surface area contributed by atoms with Crippen LogP contribution in [0.3, 0.4) is 0 Å². The number of H-pyrrole nitrogens is 1. The molecule has 2 aromatic carbocycles. The van der Waals surface area contributed by atoms with Crippen molar-refractivity contribution in [1.29, 1.82) is 0 Å². The second-order valence-corrected chi connectivity index (χ2v) is 6.95. The standard InChI is InChI=1S/C18H16Cl2N4O2/c19-10-4-3-5-11(15(10)20)21-18-22-12-6-7-13(24-8-1-2-9-24)14(17(25)26)16(12)23-18/h3-7H,1-2,8-9H2,(H,25,26)(H2,21,22,23). The van der Waals surface area contributed by atoms with E-state index in [-0.39, 0.29) is 5.56 Å². The molecule has 8 heteroatoms. The average molecular weight is 391 g/mol. The van der Waals surface area contributed by atoms with Crippen LogP contribution in [0, 0.1) is 0 Å². The lowest BCUT2D eigenvalue weighted by Gasteiger charge is -2.19. The molecule has 1 aliphatic rings. The van der Waals surface area contributed by atoms with Crippen LogP contribution in [0.2, 0.25) is 10.0 Å². The summed E-state index contributed by atoms with van der Waals surface area (Å²) in [4.78, 5) is 21.5. The van der Waals surface area contributed by atoms with Crippen LogP contribution in [0.5, 0.6) is 0 Å². The number of aromatic amines is 1. The summed E-state index contributed by atoms with van der Waals surface area (Å²) in [6.45, 7) is 1.73. The number of rotatable bonds is 4. The van der Waals surface area contributed by atoms with Crippen LogP contribution >= 0.6 is 23.2 Å². The van der Waals surface area contributed by atoms with E-state index in [2.05, 4.69) is 20.2 Å². The molecular formula is C18H16Cl2N4O2. The van der Waals surface area contributed by atoms with Gasteiger partial charge in [0.25, 0.3) is 0 Å². The van der Waals surface area contributed by atoms with Crippen LogP contribution in [-0.2, 0) is 0 Å². The summed E-state index contributed by atoms with van der Waals surface area (Å²) in [5.74, 6) is -0.571. The molecule has 3 aromatic rings. The van der Waals surface area contributed by atoms with Crippen molar-refractivity contribution in [1.82, 2.24) is 9.97 Å². The number of aromatic nitrogens is 2.